The monoisotopic (exact) mass is 413 g/mol. The minimum absolute atomic E-state index is 0.0207. The van der Waals surface area contributed by atoms with Gasteiger partial charge in [-0.2, -0.15) is 0 Å². The van der Waals surface area contributed by atoms with E-state index >= 15 is 0 Å². The van der Waals surface area contributed by atoms with Crippen LogP contribution in [-0.2, 0) is 23.7 Å². The number of ether oxygens (including phenoxy) is 2. The summed E-state index contributed by atoms with van der Waals surface area (Å²) in [6, 6.07) is 8.34. The first-order valence-corrected chi connectivity index (χ1v) is 9.18. The Bertz CT molecular complexity index is 1160. The Morgan fingerprint density at radius 2 is 1.67 bits per heavy atom. The molecule has 0 bridgehead atoms. The molecule has 10 heteroatoms. The number of anilines is 2. The number of pyridine rings is 1. The maximum absolute atomic E-state index is 12.2. The molecule has 158 valence electrons. The smallest absolute Gasteiger partial charge is 0.329 e. The topological polar surface area (TPSA) is 116 Å². The van der Waals surface area contributed by atoms with Crippen molar-refractivity contribution >= 4 is 34.5 Å². The Balaban J connectivity index is 1.59. The van der Waals surface area contributed by atoms with Crippen LogP contribution in [0.4, 0.5) is 11.5 Å². The lowest BCUT2D eigenvalue weighted by Crippen LogP contribution is -2.19. The third-order valence-electron chi connectivity index (χ3n) is 4.64. The number of rotatable bonds is 7. The quantitative estimate of drug-likeness (QED) is 0.608. The molecule has 30 heavy (non-hydrogen) atoms. The van der Waals surface area contributed by atoms with E-state index in [4.69, 9.17) is 9.47 Å². The van der Waals surface area contributed by atoms with Crippen molar-refractivity contribution in [3.05, 3.63) is 40.8 Å². The van der Waals surface area contributed by atoms with E-state index in [0.29, 0.717) is 34.2 Å². The SMILES string of the molecule is COc1ccc(NC(=O)CCC(=O)Nc2ccc3c(n2)n(C)c(=O)n3C)c(OC)c1. The van der Waals surface area contributed by atoms with Crippen molar-refractivity contribution in [2.45, 2.75) is 12.8 Å². The summed E-state index contributed by atoms with van der Waals surface area (Å²) in [6.45, 7) is 0. The third kappa shape index (κ3) is 4.27. The molecule has 0 atom stereocenters. The number of aromatic nitrogens is 3. The van der Waals surface area contributed by atoms with Crippen LogP contribution in [-0.4, -0.2) is 40.2 Å². The van der Waals surface area contributed by atoms with Crippen molar-refractivity contribution in [1.82, 2.24) is 14.1 Å². The van der Waals surface area contributed by atoms with Gasteiger partial charge in [0.1, 0.15) is 17.3 Å². The largest absolute Gasteiger partial charge is 0.497 e. The highest BCUT2D eigenvalue weighted by Gasteiger charge is 2.13. The van der Waals surface area contributed by atoms with Crippen LogP contribution >= 0.6 is 0 Å². The molecule has 0 spiro atoms. The van der Waals surface area contributed by atoms with Gasteiger partial charge in [0.2, 0.25) is 11.8 Å². The van der Waals surface area contributed by atoms with Crippen LogP contribution in [0.15, 0.2) is 35.1 Å². The van der Waals surface area contributed by atoms with E-state index in [0.717, 1.165) is 0 Å². The summed E-state index contributed by atoms with van der Waals surface area (Å²) in [4.78, 5) is 40.7. The minimum Gasteiger partial charge on any atom is -0.497 e. The second-order valence-corrected chi connectivity index (χ2v) is 6.60. The van der Waals surface area contributed by atoms with Crippen LogP contribution in [0.1, 0.15) is 12.8 Å². The summed E-state index contributed by atoms with van der Waals surface area (Å²) in [5, 5.41) is 5.37. The Morgan fingerprint density at radius 1 is 0.967 bits per heavy atom. The fourth-order valence-electron chi connectivity index (χ4n) is 2.98. The minimum atomic E-state index is -0.361. The van der Waals surface area contributed by atoms with E-state index in [2.05, 4.69) is 15.6 Å². The fraction of sp³-hybridized carbons (Fsp3) is 0.300. The molecule has 2 amide bonds. The Labute approximate surface area is 172 Å². The van der Waals surface area contributed by atoms with Gasteiger partial charge in [-0.3, -0.25) is 18.7 Å². The molecular formula is C20H23N5O5. The molecule has 0 aliphatic heterocycles. The van der Waals surface area contributed by atoms with Crippen LogP contribution < -0.4 is 25.8 Å². The van der Waals surface area contributed by atoms with Gasteiger partial charge in [-0.15, -0.1) is 0 Å². The molecule has 0 saturated carbocycles. The molecule has 10 nitrogen and oxygen atoms in total. The van der Waals surface area contributed by atoms with Crippen molar-refractivity contribution in [2.24, 2.45) is 14.1 Å². The lowest BCUT2D eigenvalue weighted by atomic mass is 10.2. The highest BCUT2D eigenvalue weighted by atomic mass is 16.5. The van der Waals surface area contributed by atoms with E-state index in [1.807, 2.05) is 0 Å². The number of hydrogen-bond donors (Lipinski definition) is 2. The first-order chi connectivity index (χ1) is 14.3. The van der Waals surface area contributed by atoms with E-state index in [1.54, 1.807) is 44.4 Å². The van der Waals surface area contributed by atoms with E-state index in [1.165, 1.54) is 23.4 Å². The van der Waals surface area contributed by atoms with E-state index < -0.39 is 0 Å². The number of carbonyl (C=O) groups is 2. The number of fused-ring (bicyclic) bond motifs is 1. The van der Waals surface area contributed by atoms with E-state index in [-0.39, 0.29) is 30.3 Å². The third-order valence-corrected chi connectivity index (χ3v) is 4.64. The first-order valence-electron chi connectivity index (χ1n) is 9.18. The summed E-state index contributed by atoms with van der Waals surface area (Å²) >= 11 is 0. The average molecular weight is 413 g/mol. The predicted octanol–water partition coefficient (Wildman–Crippen LogP) is 1.65. The Hall–Kier alpha value is -3.82. The molecule has 3 rings (SSSR count). The highest BCUT2D eigenvalue weighted by Crippen LogP contribution is 2.29. The molecule has 2 N–H and O–H groups in total. The molecule has 0 aliphatic rings. The lowest BCUT2D eigenvalue weighted by Gasteiger charge is -2.11. The number of aryl methyl sites for hydroxylation is 2. The zero-order valence-corrected chi connectivity index (χ0v) is 17.2. The summed E-state index contributed by atoms with van der Waals surface area (Å²) < 4.78 is 13.2. The van der Waals surface area contributed by atoms with Crippen molar-refractivity contribution < 1.29 is 19.1 Å². The number of hydrogen-bond acceptors (Lipinski definition) is 6. The predicted molar refractivity (Wildman–Crippen MR) is 112 cm³/mol. The molecule has 0 aliphatic carbocycles. The molecular weight excluding hydrogens is 390 g/mol. The molecule has 0 fully saturated rings. The van der Waals surface area contributed by atoms with Crippen LogP contribution in [0.25, 0.3) is 11.2 Å². The number of nitrogens with zero attached hydrogens (tertiary/aromatic N) is 3. The molecule has 3 aromatic rings. The van der Waals surface area contributed by atoms with Crippen LogP contribution in [0.2, 0.25) is 0 Å². The van der Waals surface area contributed by atoms with Gasteiger partial charge in [0.15, 0.2) is 5.65 Å². The summed E-state index contributed by atoms with van der Waals surface area (Å²) in [6.07, 6.45) is -0.0508. The average Bonchev–Trinajstić information content (AvgIpc) is 2.96. The standard InChI is InChI=1S/C20H23N5O5/c1-24-14-7-8-16(23-19(14)25(2)20(24)28)22-18(27)10-9-17(26)21-13-6-5-12(29-3)11-15(13)30-4/h5-8,11H,9-10H2,1-4H3,(H,21,26)(H,22,23,27). The van der Waals surface area contributed by atoms with Gasteiger partial charge in [0.25, 0.3) is 0 Å². The molecule has 0 saturated heterocycles. The van der Waals surface area contributed by atoms with Crippen molar-refractivity contribution in [3.63, 3.8) is 0 Å². The maximum atomic E-state index is 12.2. The van der Waals surface area contributed by atoms with Crippen molar-refractivity contribution in [3.8, 4) is 11.5 Å². The second kappa shape index (κ2) is 8.68. The molecule has 2 heterocycles. The summed E-state index contributed by atoms with van der Waals surface area (Å²) in [5.41, 5.74) is 1.41. The van der Waals surface area contributed by atoms with Gasteiger partial charge in [-0.1, -0.05) is 0 Å². The zero-order chi connectivity index (χ0) is 21.8. The fourth-order valence-corrected chi connectivity index (χ4v) is 2.98. The lowest BCUT2D eigenvalue weighted by molar-refractivity contribution is -0.121. The normalized spacial score (nSPS) is 10.7. The van der Waals surface area contributed by atoms with Gasteiger partial charge < -0.3 is 20.1 Å². The van der Waals surface area contributed by atoms with Crippen molar-refractivity contribution in [2.75, 3.05) is 24.9 Å². The number of methoxy groups -OCH3 is 2. The summed E-state index contributed by atoms with van der Waals surface area (Å²) in [5.74, 6) is 0.677. The van der Waals surface area contributed by atoms with Gasteiger partial charge in [0.05, 0.1) is 25.4 Å². The maximum Gasteiger partial charge on any atom is 0.329 e. The van der Waals surface area contributed by atoms with Crippen LogP contribution in [0.5, 0.6) is 11.5 Å². The number of imidazole rings is 1. The molecule has 0 radical (unpaired) electrons. The van der Waals surface area contributed by atoms with Gasteiger partial charge >= 0.3 is 5.69 Å². The number of nitrogens with one attached hydrogen (secondary N) is 2. The zero-order valence-electron chi connectivity index (χ0n) is 17.2. The van der Waals surface area contributed by atoms with E-state index in [9.17, 15) is 14.4 Å². The summed E-state index contributed by atoms with van der Waals surface area (Å²) in [7, 11) is 6.29. The second-order valence-electron chi connectivity index (χ2n) is 6.60. The van der Waals surface area contributed by atoms with Crippen LogP contribution in [0.3, 0.4) is 0 Å². The first kappa shape index (κ1) is 20.9. The number of amides is 2. The number of benzene rings is 1. The van der Waals surface area contributed by atoms with Crippen LogP contribution in [0, 0.1) is 0 Å². The highest BCUT2D eigenvalue weighted by molar-refractivity contribution is 5.97. The molecule has 1 aromatic carbocycles. The van der Waals surface area contributed by atoms with Gasteiger partial charge in [-0.05, 0) is 24.3 Å². The van der Waals surface area contributed by atoms with Gasteiger partial charge in [0, 0.05) is 33.0 Å². The Kier molecular flexibility index (Phi) is 6.05. The van der Waals surface area contributed by atoms with Gasteiger partial charge in [-0.25, -0.2) is 9.78 Å². The molecule has 2 aromatic heterocycles. The number of carbonyl (C=O) groups excluding carboxylic acids is 2. The Morgan fingerprint density at radius 3 is 2.33 bits per heavy atom. The molecule has 0 unspecified atom stereocenters. The van der Waals surface area contributed by atoms with Crippen molar-refractivity contribution in [1.29, 1.82) is 0 Å².